The molecule has 0 aliphatic carbocycles. The van der Waals surface area contributed by atoms with Crippen LogP contribution in [0.1, 0.15) is 18.1 Å². The lowest BCUT2D eigenvalue weighted by molar-refractivity contribution is 0.249. The molecule has 6 nitrogen and oxygen atoms in total. The number of aryl methyl sites for hydroxylation is 2. The molecule has 0 unspecified atom stereocenters. The number of carbonyl (C=O) groups excluding carboxylic acids is 1. The fourth-order valence-electron chi connectivity index (χ4n) is 1.95. The molecule has 2 amide bonds. The van der Waals surface area contributed by atoms with Crippen LogP contribution in [-0.2, 0) is 0 Å². The zero-order chi connectivity index (χ0) is 14.6. The van der Waals surface area contributed by atoms with Gasteiger partial charge in [0.15, 0.2) is 0 Å². The molecule has 0 saturated heterocycles. The summed E-state index contributed by atoms with van der Waals surface area (Å²) in [5, 5.41) is 10.2. The maximum absolute atomic E-state index is 12.0. The van der Waals surface area contributed by atoms with Gasteiger partial charge in [0.05, 0.1) is 12.8 Å². The van der Waals surface area contributed by atoms with Gasteiger partial charge in [-0.25, -0.2) is 9.69 Å². The molecule has 0 radical (unpaired) electrons. The summed E-state index contributed by atoms with van der Waals surface area (Å²) in [5.74, 6) is 0.389. The first-order chi connectivity index (χ1) is 8.92. The summed E-state index contributed by atoms with van der Waals surface area (Å²) < 4.78 is 5.18. The molecule has 1 rings (SSSR count). The molecule has 104 valence electrons. The third kappa shape index (κ3) is 3.15. The lowest BCUT2D eigenvalue weighted by atomic mass is 10.1. The lowest BCUT2D eigenvalue weighted by Crippen LogP contribution is -2.47. The van der Waals surface area contributed by atoms with Gasteiger partial charge < -0.3 is 15.8 Å². The summed E-state index contributed by atoms with van der Waals surface area (Å²) in [6.45, 7) is 5.97. The van der Waals surface area contributed by atoms with Crippen LogP contribution in [0, 0.1) is 19.3 Å². The number of carbonyl (C=O) groups is 1. The van der Waals surface area contributed by atoms with Crippen molar-refractivity contribution in [2.75, 3.05) is 18.6 Å². The Kier molecular flexibility index (Phi) is 4.74. The predicted octanol–water partition coefficient (Wildman–Crippen LogP) is 1.74. The maximum Gasteiger partial charge on any atom is 0.328 e. The third-order valence-electron chi connectivity index (χ3n) is 2.70. The third-order valence-corrected chi connectivity index (χ3v) is 2.70. The van der Waals surface area contributed by atoms with E-state index < -0.39 is 6.03 Å². The van der Waals surface area contributed by atoms with Crippen LogP contribution in [-0.4, -0.2) is 25.6 Å². The average Bonchev–Trinajstić information content (AvgIpc) is 2.32. The van der Waals surface area contributed by atoms with E-state index in [0.717, 1.165) is 16.0 Å². The first-order valence-electron chi connectivity index (χ1n) is 5.99. The van der Waals surface area contributed by atoms with Crippen molar-refractivity contribution in [1.82, 2.24) is 5.32 Å². The molecule has 1 aromatic carbocycles. The van der Waals surface area contributed by atoms with Gasteiger partial charge in [0, 0.05) is 6.54 Å². The van der Waals surface area contributed by atoms with Crippen LogP contribution >= 0.6 is 0 Å². The smallest absolute Gasteiger partial charge is 0.328 e. The van der Waals surface area contributed by atoms with Crippen molar-refractivity contribution in [1.29, 1.82) is 5.41 Å². The highest BCUT2D eigenvalue weighted by molar-refractivity contribution is 6.14. The first kappa shape index (κ1) is 14.8. The summed E-state index contributed by atoms with van der Waals surface area (Å²) >= 11 is 0. The van der Waals surface area contributed by atoms with Crippen LogP contribution in [0.2, 0.25) is 0 Å². The second-order valence-electron chi connectivity index (χ2n) is 4.17. The Morgan fingerprint density at radius 1 is 1.42 bits per heavy atom. The number of nitrogens with two attached hydrogens (primary N) is 1. The maximum atomic E-state index is 12.0. The molecular weight excluding hydrogens is 244 g/mol. The zero-order valence-corrected chi connectivity index (χ0v) is 11.7. The molecule has 0 bridgehead atoms. The molecule has 0 atom stereocenters. The second-order valence-corrected chi connectivity index (χ2v) is 4.17. The molecule has 0 saturated carbocycles. The average molecular weight is 264 g/mol. The summed E-state index contributed by atoms with van der Waals surface area (Å²) in [5.41, 5.74) is 7.77. The van der Waals surface area contributed by atoms with E-state index >= 15 is 0 Å². The van der Waals surface area contributed by atoms with E-state index in [-0.39, 0.29) is 5.96 Å². The Hall–Kier alpha value is -2.24. The molecule has 0 spiro atoms. The minimum Gasteiger partial charge on any atom is -0.497 e. The lowest BCUT2D eigenvalue weighted by Gasteiger charge is -2.25. The molecule has 1 aromatic rings. The minimum absolute atomic E-state index is 0.317. The highest BCUT2D eigenvalue weighted by Crippen LogP contribution is 2.29. The van der Waals surface area contributed by atoms with Crippen molar-refractivity contribution in [2.45, 2.75) is 20.8 Å². The van der Waals surface area contributed by atoms with E-state index in [1.54, 1.807) is 19.2 Å². The zero-order valence-electron chi connectivity index (χ0n) is 11.7. The molecule has 0 fully saturated rings. The van der Waals surface area contributed by atoms with Crippen LogP contribution in [0.15, 0.2) is 12.1 Å². The van der Waals surface area contributed by atoms with Gasteiger partial charge in [-0.3, -0.25) is 5.41 Å². The quantitative estimate of drug-likeness (QED) is 0.573. The monoisotopic (exact) mass is 264 g/mol. The number of urea groups is 1. The normalized spacial score (nSPS) is 9.89. The van der Waals surface area contributed by atoms with Crippen LogP contribution in [0.5, 0.6) is 5.75 Å². The van der Waals surface area contributed by atoms with Gasteiger partial charge in [0.25, 0.3) is 0 Å². The molecule has 6 heteroatoms. The van der Waals surface area contributed by atoms with Gasteiger partial charge in [-0.1, -0.05) is 0 Å². The van der Waals surface area contributed by atoms with Crippen molar-refractivity contribution < 1.29 is 9.53 Å². The summed E-state index contributed by atoms with van der Waals surface area (Å²) in [6.07, 6.45) is 0. The van der Waals surface area contributed by atoms with E-state index in [2.05, 4.69) is 5.32 Å². The van der Waals surface area contributed by atoms with Gasteiger partial charge in [-0.2, -0.15) is 0 Å². The number of methoxy groups -OCH3 is 1. The van der Waals surface area contributed by atoms with Crippen molar-refractivity contribution in [3.8, 4) is 5.75 Å². The largest absolute Gasteiger partial charge is 0.497 e. The number of amides is 2. The standard InChI is InChI=1S/C13H20N4O2/c1-5-16-13(18)17(12(14)15)11-8(2)6-10(19-4)7-9(11)3/h6-7H,5H2,1-4H3,(H3,14,15)(H,16,18). The van der Waals surface area contributed by atoms with E-state index in [4.69, 9.17) is 15.9 Å². The van der Waals surface area contributed by atoms with Crippen molar-refractivity contribution in [2.24, 2.45) is 5.73 Å². The Morgan fingerprint density at radius 3 is 2.32 bits per heavy atom. The van der Waals surface area contributed by atoms with Gasteiger partial charge in [-0.05, 0) is 44.0 Å². The molecule has 0 aromatic heterocycles. The number of ether oxygens (including phenoxy) is 1. The van der Waals surface area contributed by atoms with Crippen molar-refractivity contribution in [3.05, 3.63) is 23.3 Å². The van der Waals surface area contributed by atoms with Gasteiger partial charge in [0.2, 0.25) is 5.96 Å². The van der Waals surface area contributed by atoms with Crippen molar-refractivity contribution >= 4 is 17.7 Å². The van der Waals surface area contributed by atoms with Gasteiger partial charge >= 0.3 is 6.03 Å². The fraction of sp³-hybridized carbons (Fsp3) is 0.385. The summed E-state index contributed by atoms with van der Waals surface area (Å²) in [7, 11) is 1.58. The van der Waals surface area contributed by atoms with Crippen LogP contribution in [0.4, 0.5) is 10.5 Å². The number of guanidine groups is 1. The molecular formula is C13H20N4O2. The minimum atomic E-state index is -0.411. The van der Waals surface area contributed by atoms with Crippen LogP contribution in [0.25, 0.3) is 0 Å². The fourth-order valence-corrected chi connectivity index (χ4v) is 1.95. The van der Waals surface area contributed by atoms with Crippen LogP contribution < -0.4 is 20.7 Å². The number of rotatable bonds is 3. The predicted molar refractivity (Wildman–Crippen MR) is 75.9 cm³/mol. The van der Waals surface area contributed by atoms with Gasteiger partial charge in [0.1, 0.15) is 5.75 Å². The highest BCUT2D eigenvalue weighted by atomic mass is 16.5. The molecule has 0 heterocycles. The Bertz CT molecular complexity index is 476. The Morgan fingerprint density at radius 2 is 1.95 bits per heavy atom. The summed E-state index contributed by atoms with van der Waals surface area (Å²) in [4.78, 5) is 13.2. The Balaban J connectivity index is 3.31. The topological polar surface area (TPSA) is 91.4 Å². The molecule has 4 N–H and O–H groups in total. The second kappa shape index (κ2) is 6.08. The highest BCUT2D eigenvalue weighted by Gasteiger charge is 2.22. The molecule has 19 heavy (non-hydrogen) atoms. The number of benzene rings is 1. The number of nitrogens with one attached hydrogen (secondary N) is 2. The SMILES string of the molecule is CCNC(=O)N(C(=N)N)c1c(C)cc(OC)cc1C. The summed E-state index contributed by atoms with van der Waals surface area (Å²) in [6, 6.07) is 3.20. The van der Waals surface area contributed by atoms with Crippen molar-refractivity contribution in [3.63, 3.8) is 0 Å². The van der Waals surface area contributed by atoms with E-state index in [9.17, 15) is 4.79 Å². The molecule has 0 aliphatic heterocycles. The van der Waals surface area contributed by atoms with E-state index in [1.807, 2.05) is 20.8 Å². The van der Waals surface area contributed by atoms with Gasteiger partial charge in [-0.15, -0.1) is 0 Å². The number of hydrogen-bond acceptors (Lipinski definition) is 3. The first-order valence-corrected chi connectivity index (χ1v) is 5.99. The Labute approximate surface area is 113 Å². The number of anilines is 1. The number of nitrogens with zero attached hydrogens (tertiary/aromatic N) is 1. The van der Waals surface area contributed by atoms with E-state index in [1.165, 1.54) is 0 Å². The van der Waals surface area contributed by atoms with E-state index in [0.29, 0.717) is 18.0 Å². The van der Waals surface area contributed by atoms with Crippen LogP contribution in [0.3, 0.4) is 0 Å². The number of hydrogen-bond donors (Lipinski definition) is 3. The molecule has 0 aliphatic rings.